The standard InChI is InChI=1S/C14H30N2O/c1-4-14-8-7-13(2)16(14)11-6-5-9-15-10-12-17-3/h13-15H,4-12H2,1-3H3. The Labute approximate surface area is 107 Å². The van der Waals surface area contributed by atoms with Crippen LogP contribution in [0.15, 0.2) is 0 Å². The largest absolute Gasteiger partial charge is 0.383 e. The molecule has 102 valence electrons. The Kier molecular flexibility index (Phi) is 7.82. The lowest BCUT2D eigenvalue weighted by molar-refractivity contribution is 0.191. The van der Waals surface area contributed by atoms with Gasteiger partial charge in [-0.3, -0.25) is 4.90 Å². The lowest BCUT2D eigenvalue weighted by Crippen LogP contribution is -2.35. The van der Waals surface area contributed by atoms with E-state index in [1.165, 1.54) is 38.6 Å². The Bertz CT molecular complexity index is 187. The van der Waals surface area contributed by atoms with Gasteiger partial charge in [0.15, 0.2) is 0 Å². The van der Waals surface area contributed by atoms with Crippen LogP contribution in [0.4, 0.5) is 0 Å². The summed E-state index contributed by atoms with van der Waals surface area (Å²) in [4.78, 5) is 2.72. The van der Waals surface area contributed by atoms with E-state index >= 15 is 0 Å². The molecular weight excluding hydrogens is 212 g/mol. The molecule has 2 atom stereocenters. The van der Waals surface area contributed by atoms with Crippen LogP contribution in [0.3, 0.4) is 0 Å². The summed E-state index contributed by atoms with van der Waals surface area (Å²) in [5.74, 6) is 0. The third-order valence-electron chi connectivity index (χ3n) is 3.93. The number of methoxy groups -OCH3 is 1. The summed E-state index contributed by atoms with van der Waals surface area (Å²) in [5, 5.41) is 3.40. The first-order valence-electron chi connectivity index (χ1n) is 7.25. The highest BCUT2D eigenvalue weighted by Crippen LogP contribution is 2.25. The lowest BCUT2D eigenvalue weighted by atomic mass is 10.1. The van der Waals surface area contributed by atoms with E-state index in [4.69, 9.17) is 4.74 Å². The van der Waals surface area contributed by atoms with Crippen LogP contribution in [0.25, 0.3) is 0 Å². The van der Waals surface area contributed by atoms with Crippen LogP contribution in [0.5, 0.6) is 0 Å². The van der Waals surface area contributed by atoms with Gasteiger partial charge in [-0.25, -0.2) is 0 Å². The topological polar surface area (TPSA) is 24.5 Å². The molecule has 0 aliphatic carbocycles. The number of hydrogen-bond donors (Lipinski definition) is 1. The van der Waals surface area contributed by atoms with Crippen molar-refractivity contribution >= 4 is 0 Å². The first-order valence-corrected chi connectivity index (χ1v) is 7.25. The molecule has 0 saturated carbocycles. The summed E-state index contributed by atoms with van der Waals surface area (Å²) in [6.45, 7) is 8.91. The van der Waals surface area contributed by atoms with Crippen LogP contribution in [0.2, 0.25) is 0 Å². The molecule has 17 heavy (non-hydrogen) atoms. The Morgan fingerprint density at radius 3 is 2.76 bits per heavy atom. The van der Waals surface area contributed by atoms with Crippen molar-refractivity contribution in [2.45, 2.75) is 58.0 Å². The van der Waals surface area contributed by atoms with E-state index < -0.39 is 0 Å². The third-order valence-corrected chi connectivity index (χ3v) is 3.93. The van der Waals surface area contributed by atoms with Gasteiger partial charge in [-0.2, -0.15) is 0 Å². The van der Waals surface area contributed by atoms with Crippen molar-refractivity contribution in [3.63, 3.8) is 0 Å². The molecule has 3 heteroatoms. The maximum Gasteiger partial charge on any atom is 0.0587 e. The monoisotopic (exact) mass is 242 g/mol. The van der Waals surface area contributed by atoms with Gasteiger partial charge < -0.3 is 10.1 Å². The minimum atomic E-state index is 0.807. The van der Waals surface area contributed by atoms with E-state index in [9.17, 15) is 0 Å². The highest BCUT2D eigenvalue weighted by atomic mass is 16.5. The second-order valence-corrected chi connectivity index (χ2v) is 5.18. The van der Waals surface area contributed by atoms with Crippen LogP contribution in [-0.4, -0.2) is 50.3 Å². The van der Waals surface area contributed by atoms with Crippen LogP contribution in [0.1, 0.15) is 46.0 Å². The zero-order valence-corrected chi connectivity index (χ0v) is 11.9. The van der Waals surface area contributed by atoms with Crippen molar-refractivity contribution in [3.05, 3.63) is 0 Å². The highest BCUT2D eigenvalue weighted by Gasteiger charge is 2.28. The van der Waals surface area contributed by atoms with E-state index in [2.05, 4.69) is 24.1 Å². The van der Waals surface area contributed by atoms with Crippen LogP contribution < -0.4 is 5.32 Å². The highest BCUT2D eigenvalue weighted by molar-refractivity contribution is 4.83. The Balaban J connectivity index is 2.01. The molecule has 1 saturated heterocycles. The van der Waals surface area contributed by atoms with Crippen molar-refractivity contribution in [1.29, 1.82) is 0 Å². The average molecular weight is 242 g/mol. The fraction of sp³-hybridized carbons (Fsp3) is 1.00. The second kappa shape index (κ2) is 8.90. The van der Waals surface area contributed by atoms with Crippen molar-refractivity contribution < 1.29 is 4.74 Å². The zero-order chi connectivity index (χ0) is 12.5. The second-order valence-electron chi connectivity index (χ2n) is 5.18. The number of rotatable bonds is 9. The van der Waals surface area contributed by atoms with Crippen LogP contribution in [-0.2, 0) is 4.74 Å². The number of nitrogens with zero attached hydrogens (tertiary/aromatic N) is 1. The average Bonchev–Trinajstić information content (AvgIpc) is 2.69. The molecule has 1 rings (SSSR count). The third kappa shape index (κ3) is 5.36. The smallest absolute Gasteiger partial charge is 0.0587 e. The molecule has 1 heterocycles. The van der Waals surface area contributed by atoms with E-state index in [1.54, 1.807) is 7.11 Å². The number of likely N-dealkylation sites (tertiary alicyclic amines) is 1. The molecule has 0 aromatic heterocycles. The first kappa shape index (κ1) is 14.9. The van der Waals surface area contributed by atoms with Crippen LogP contribution in [0, 0.1) is 0 Å². The predicted molar refractivity (Wildman–Crippen MR) is 73.5 cm³/mol. The Hall–Kier alpha value is -0.120. The molecule has 0 aromatic carbocycles. The molecule has 1 aliphatic heterocycles. The summed E-state index contributed by atoms with van der Waals surface area (Å²) in [6, 6.07) is 1.66. The van der Waals surface area contributed by atoms with Gasteiger partial charge in [0.2, 0.25) is 0 Å². The molecule has 0 radical (unpaired) electrons. The van der Waals surface area contributed by atoms with Gasteiger partial charge in [-0.15, -0.1) is 0 Å². The minimum absolute atomic E-state index is 0.807. The summed E-state index contributed by atoms with van der Waals surface area (Å²) in [5.41, 5.74) is 0. The number of nitrogens with one attached hydrogen (secondary N) is 1. The molecule has 0 spiro atoms. The van der Waals surface area contributed by atoms with Gasteiger partial charge >= 0.3 is 0 Å². The zero-order valence-electron chi connectivity index (χ0n) is 11.9. The van der Waals surface area contributed by atoms with E-state index in [0.717, 1.165) is 31.8 Å². The molecule has 0 aromatic rings. The first-order chi connectivity index (χ1) is 8.29. The normalized spacial score (nSPS) is 25.6. The molecule has 2 unspecified atom stereocenters. The minimum Gasteiger partial charge on any atom is -0.383 e. The Morgan fingerprint density at radius 1 is 1.24 bits per heavy atom. The molecular formula is C14H30N2O. The number of hydrogen-bond acceptors (Lipinski definition) is 3. The van der Waals surface area contributed by atoms with Gasteiger partial charge in [0.05, 0.1) is 6.61 Å². The van der Waals surface area contributed by atoms with Crippen molar-refractivity contribution in [2.24, 2.45) is 0 Å². The van der Waals surface area contributed by atoms with Gasteiger partial charge in [0.25, 0.3) is 0 Å². The van der Waals surface area contributed by atoms with Crippen molar-refractivity contribution in [2.75, 3.05) is 33.4 Å². The Morgan fingerprint density at radius 2 is 2.06 bits per heavy atom. The van der Waals surface area contributed by atoms with E-state index in [-0.39, 0.29) is 0 Å². The summed E-state index contributed by atoms with van der Waals surface area (Å²) >= 11 is 0. The quantitative estimate of drug-likeness (QED) is 0.628. The van der Waals surface area contributed by atoms with E-state index in [1.807, 2.05) is 0 Å². The summed E-state index contributed by atoms with van der Waals surface area (Å²) < 4.78 is 5.00. The fourth-order valence-corrected chi connectivity index (χ4v) is 2.81. The van der Waals surface area contributed by atoms with Gasteiger partial charge in [0, 0.05) is 25.7 Å². The van der Waals surface area contributed by atoms with Gasteiger partial charge in [-0.05, 0) is 52.1 Å². The maximum absolute atomic E-state index is 5.00. The molecule has 0 amide bonds. The summed E-state index contributed by atoms with van der Waals surface area (Å²) in [6.07, 6.45) is 6.72. The molecule has 1 fully saturated rings. The lowest BCUT2D eigenvalue weighted by Gasteiger charge is -2.27. The van der Waals surface area contributed by atoms with Gasteiger partial charge in [-0.1, -0.05) is 6.92 Å². The van der Waals surface area contributed by atoms with Crippen LogP contribution >= 0.6 is 0 Å². The molecule has 0 bridgehead atoms. The molecule has 1 aliphatic rings. The SMILES string of the molecule is CCC1CCC(C)N1CCCCNCCOC. The molecule has 3 nitrogen and oxygen atoms in total. The molecule has 1 N–H and O–H groups in total. The van der Waals surface area contributed by atoms with Crippen molar-refractivity contribution in [3.8, 4) is 0 Å². The summed E-state index contributed by atoms with van der Waals surface area (Å²) in [7, 11) is 1.75. The number of unbranched alkanes of at least 4 members (excludes halogenated alkanes) is 1. The predicted octanol–water partition coefficient (Wildman–Crippen LogP) is 2.27. The van der Waals surface area contributed by atoms with E-state index in [0.29, 0.717) is 0 Å². The van der Waals surface area contributed by atoms with Gasteiger partial charge in [0.1, 0.15) is 0 Å². The number of ether oxygens (including phenoxy) is 1. The maximum atomic E-state index is 5.00. The fourth-order valence-electron chi connectivity index (χ4n) is 2.81. The van der Waals surface area contributed by atoms with Crippen molar-refractivity contribution in [1.82, 2.24) is 10.2 Å².